The molecular weight excluding hydrogens is 444 g/mol. The van der Waals surface area contributed by atoms with Gasteiger partial charge >= 0.3 is 0 Å². The van der Waals surface area contributed by atoms with Crippen LogP contribution >= 0.6 is 22.9 Å². The number of thiophene rings is 1. The first-order chi connectivity index (χ1) is 15.5. The van der Waals surface area contributed by atoms with Crippen molar-refractivity contribution in [3.05, 3.63) is 98.8 Å². The van der Waals surface area contributed by atoms with E-state index in [0.717, 1.165) is 21.3 Å². The molecular formula is C25H19ClN2O3S. The van der Waals surface area contributed by atoms with E-state index in [4.69, 9.17) is 11.6 Å². The summed E-state index contributed by atoms with van der Waals surface area (Å²) >= 11 is 7.42. The number of likely N-dealkylation sites (tertiary alicyclic amines) is 1. The van der Waals surface area contributed by atoms with Crippen molar-refractivity contribution in [2.24, 2.45) is 0 Å². The molecule has 2 aromatic carbocycles. The van der Waals surface area contributed by atoms with Gasteiger partial charge in [-0.05, 0) is 53.8 Å². The Balaban J connectivity index is 1.53. The number of Topliss-reactive ketones (excluding diaryl/α,β-unsaturated/α-hetero) is 1. The molecule has 0 aliphatic carbocycles. The summed E-state index contributed by atoms with van der Waals surface area (Å²) in [5.74, 6) is -1.46. The van der Waals surface area contributed by atoms with Crippen LogP contribution in [0.2, 0.25) is 5.02 Å². The quantitative estimate of drug-likeness (QED) is 0.232. The number of aliphatic hydroxyl groups is 1. The zero-order valence-corrected chi connectivity index (χ0v) is 18.5. The minimum Gasteiger partial charge on any atom is -0.507 e. The minimum atomic E-state index is -0.672. The second-order valence-corrected chi connectivity index (χ2v) is 9.04. The average Bonchev–Trinajstić information content (AvgIpc) is 3.52. The zero-order valence-electron chi connectivity index (χ0n) is 16.9. The average molecular weight is 463 g/mol. The number of aliphatic hydroxyl groups excluding tert-OH is 1. The third-order valence-corrected chi connectivity index (χ3v) is 6.94. The Kier molecular flexibility index (Phi) is 5.33. The number of nitrogens with zero attached hydrogens (tertiary/aromatic N) is 1. The van der Waals surface area contributed by atoms with E-state index in [0.29, 0.717) is 23.6 Å². The Morgan fingerprint density at radius 1 is 1.06 bits per heavy atom. The lowest BCUT2D eigenvalue weighted by molar-refractivity contribution is -0.139. The van der Waals surface area contributed by atoms with Gasteiger partial charge in [0, 0.05) is 39.1 Å². The van der Waals surface area contributed by atoms with Crippen LogP contribution in [0.3, 0.4) is 0 Å². The summed E-state index contributed by atoms with van der Waals surface area (Å²) in [6.45, 7) is 0.354. The second kappa shape index (κ2) is 8.30. The molecule has 4 aromatic rings. The van der Waals surface area contributed by atoms with Crippen LogP contribution in [-0.2, 0) is 16.0 Å². The number of nitrogens with one attached hydrogen (secondary N) is 1. The number of H-pyrrole nitrogens is 1. The van der Waals surface area contributed by atoms with Gasteiger partial charge in [0.05, 0.1) is 11.6 Å². The first kappa shape index (κ1) is 20.5. The third-order valence-electron chi connectivity index (χ3n) is 5.77. The number of halogens is 1. The summed E-state index contributed by atoms with van der Waals surface area (Å²) in [4.78, 5) is 31.7. The highest BCUT2D eigenvalue weighted by molar-refractivity contribution is 7.10. The summed E-state index contributed by atoms with van der Waals surface area (Å²) in [5, 5.41) is 14.5. The maximum absolute atomic E-state index is 13.0. The number of amides is 1. The van der Waals surface area contributed by atoms with Gasteiger partial charge in [-0.15, -0.1) is 11.3 Å². The molecule has 0 bridgehead atoms. The van der Waals surface area contributed by atoms with E-state index in [9.17, 15) is 14.7 Å². The normalized spacial score (nSPS) is 18.0. The number of carbonyl (C=O) groups is 2. The Morgan fingerprint density at radius 2 is 1.84 bits per heavy atom. The van der Waals surface area contributed by atoms with Crippen LogP contribution in [0.25, 0.3) is 16.7 Å². The Hall–Kier alpha value is -3.35. The molecule has 1 aliphatic heterocycles. The van der Waals surface area contributed by atoms with Gasteiger partial charge in [-0.25, -0.2) is 0 Å². The molecule has 1 aliphatic rings. The van der Waals surface area contributed by atoms with Crippen LogP contribution in [-0.4, -0.2) is 33.2 Å². The van der Waals surface area contributed by atoms with Crippen LogP contribution in [0, 0.1) is 0 Å². The van der Waals surface area contributed by atoms with Crippen LogP contribution in [0.5, 0.6) is 0 Å². The fourth-order valence-corrected chi connectivity index (χ4v) is 5.17. The number of fused-ring (bicyclic) bond motifs is 1. The van der Waals surface area contributed by atoms with Crippen molar-refractivity contribution in [1.82, 2.24) is 9.88 Å². The summed E-state index contributed by atoms with van der Waals surface area (Å²) in [5.41, 5.74) is 2.66. The van der Waals surface area contributed by atoms with Crippen molar-refractivity contribution in [1.29, 1.82) is 0 Å². The van der Waals surface area contributed by atoms with Gasteiger partial charge in [0.15, 0.2) is 0 Å². The van der Waals surface area contributed by atoms with Gasteiger partial charge in [0.2, 0.25) is 0 Å². The number of aromatic amines is 1. The van der Waals surface area contributed by atoms with E-state index in [1.165, 1.54) is 11.3 Å². The minimum absolute atomic E-state index is 0.110. The molecule has 0 spiro atoms. The van der Waals surface area contributed by atoms with Gasteiger partial charge in [0.25, 0.3) is 11.7 Å². The molecule has 1 fully saturated rings. The highest BCUT2D eigenvalue weighted by Crippen LogP contribution is 2.41. The molecule has 1 atom stereocenters. The van der Waals surface area contributed by atoms with Gasteiger partial charge in [-0.3, -0.25) is 9.59 Å². The van der Waals surface area contributed by atoms with Crippen LogP contribution < -0.4 is 0 Å². The second-order valence-electron chi connectivity index (χ2n) is 7.62. The SMILES string of the molecule is O=C1C(=O)N(CCc2c[nH]c3ccccc23)C(c2cccs2)/C1=C(\O)c1ccc(Cl)cc1. The summed E-state index contributed by atoms with van der Waals surface area (Å²) < 4.78 is 0. The maximum atomic E-state index is 13.0. The van der Waals surface area contributed by atoms with Crippen LogP contribution in [0.15, 0.2) is 77.8 Å². The highest BCUT2D eigenvalue weighted by atomic mass is 35.5. The van der Waals surface area contributed by atoms with E-state index >= 15 is 0 Å². The van der Waals surface area contributed by atoms with Crippen molar-refractivity contribution in [2.45, 2.75) is 12.5 Å². The molecule has 5 rings (SSSR count). The monoisotopic (exact) mass is 462 g/mol. The van der Waals surface area contributed by atoms with Crippen LogP contribution in [0.4, 0.5) is 0 Å². The van der Waals surface area contributed by atoms with Gasteiger partial charge in [-0.1, -0.05) is 35.9 Å². The van der Waals surface area contributed by atoms with Crippen molar-refractivity contribution in [3.63, 3.8) is 0 Å². The highest BCUT2D eigenvalue weighted by Gasteiger charge is 2.46. The van der Waals surface area contributed by atoms with Gasteiger partial charge < -0.3 is 15.0 Å². The first-order valence-corrected chi connectivity index (χ1v) is 11.4. The van der Waals surface area contributed by atoms with E-state index in [-0.39, 0.29) is 11.3 Å². The van der Waals surface area contributed by atoms with Gasteiger partial charge in [0.1, 0.15) is 5.76 Å². The Morgan fingerprint density at radius 3 is 2.59 bits per heavy atom. The lowest BCUT2D eigenvalue weighted by atomic mass is 10.00. The summed E-state index contributed by atoms with van der Waals surface area (Å²) in [7, 11) is 0. The molecule has 2 aromatic heterocycles. The lowest BCUT2D eigenvalue weighted by Gasteiger charge is -2.24. The Labute approximate surface area is 193 Å². The molecule has 0 saturated carbocycles. The van der Waals surface area contributed by atoms with Crippen LogP contribution in [0.1, 0.15) is 22.0 Å². The number of hydrogen-bond acceptors (Lipinski definition) is 4. The molecule has 0 radical (unpaired) electrons. The van der Waals surface area contributed by atoms with E-state index in [2.05, 4.69) is 4.98 Å². The van der Waals surface area contributed by atoms with Crippen molar-refractivity contribution in [2.75, 3.05) is 6.54 Å². The number of hydrogen-bond donors (Lipinski definition) is 2. The molecule has 1 amide bonds. The van der Waals surface area contributed by atoms with Gasteiger partial charge in [-0.2, -0.15) is 0 Å². The van der Waals surface area contributed by atoms with Crippen molar-refractivity contribution < 1.29 is 14.7 Å². The fourth-order valence-electron chi connectivity index (χ4n) is 4.20. The predicted octanol–water partition coefficient (Wildman–Crippen LogP) is 5.55. The predicted molar refractivity (Wildman–Crippen MR) is 127 cm³/mol. The number of carbonyl (C=O) groups excluding carboxylic acids is 2. The molecule has 160 valence electrons. The lowest BCUT2D eigenvalue weighted by Crippen LogP contribution is -2.31. The van der Waals surface area contributed by atoms with E-state index in [1.807, 2.05) is 48.0 Å². The summed E-state index contributed by atoms with van der Waals surface area (Å²) in [6.07, 6.45) is 2.52. The number of para-hydroxylation sites is 1. The first-order valence-electron chi connectivity index (χ1n) is 10.2. The molecule has 7 heteroatoms. The molecule has 3 heterocycles. The summed E-state index contributed by atoms with van der Waals surface area (Å²) in [6, 6.07) is 17.7. The molecule has 2 N–H and O–H groups in total. The van der Waals surface area contributed by atoms with Crippen molar-refractivity contribution in [3.8, 4) is 0 Å². The number of ketones is 1. The standard InChI is InChI=1S/C25H19ClN2O3S/c26-17-9-7-15(8-10-17)23(29)21-22(20-6-3-13-32-20)28(25(31)24(21)30)12-11-16-14-27-19-5-2-1-4-18(16)19/h1-10,13-14,22,27,29H,11-12H2/b23-21+. The smallest absolute Gasteiger partial charge is 0.295 e. The van der Waals surface area contributed by atoms with E-state index in [1.54, 1.807) is 29.2 Å². The molecule has 32 heavy (non-hydrogen) atoms. The topological polar surface area (TPSA) is 73.4 Å². The maximum Gasteiger partial charge on any atom is 0.295 e. The number of aromatic nitrogens is 1. The van der Waals surface area contributed by atoms with E-state index < -0.39 is 17.7 Å². The Bertz CT molecular complexity index is 1340. The number of rotatable bonds is 5. The molecule has 1 saturated heterocycles. The molecule has 5 nitrogen and oxygen atoms in total. The van der Waals surface area contributed by atoms with Crippen molar-refractivity contribution >= 4 is 51.3 Å². The largest absolute Gasteiger partial charge is 0.507 e. The fraction of sp³-hybridized carbons (Fsp3) is 0.120. The number of benzene rings is 2. The molecule has 1 unspecified atom stereocenters. The third kappa shape index (κ3) is 3.51. The zero-order chi connectivity index (χ0) is 22.2.